The number of ether oxygens (including phenoxy) is 1. The first-order valence-corrected chi connectivity index (χ1v) is 9.00. The van der Waals surface area contributed by atoms with Crippen molar-refractivity contribution < 1.29 is 24.2 Å². The van der Waals surface area contributed by atoms with Crippen LogP contribution in [0, 0.1) is 0 Å². The zero-order valence-corrected chi connectivity index (χ0v) is 14.8. The number of nitrogens with one attached hydrogen (secondary N) is 1. The van der Waals surface area contributed by atoms with Crippen LogP contribution >= 0.6 is 11.3 Å². The first kappa shape index (κ1) is 17.9. The molecule has 1 aliphatic heterocycles. The molecule has 1 fully saturated rings. The second-order valence-corrected chi connectivity index (χ2v) is 6.91. The van der Waals surface area contributed by atoms with E-state index in [4.69, 9.17) is 9.84 Å². The Labute approximate surface area is 154 Å². The highest BCUT2D eigenvalue weighted by Crippen LogP contribution is 2.21. The molecule has 7 nitrogen and oxygen atoms in total. The number of rotatable bonds is 6. The Morgan fingerprint density at radius 3 is 2.54 bits per heavy atom. The summed E-state index contributed by atoms with van der Waals surface area (Å²) in [7, 11) is 0. The van der Waals surface area contributed by atoms with Crippen molar-refractivity contribution >= 4 is 34.8 Å². The number of benzene rings is 1. The highest BCUT2D eigenvalue weighted by Gasteiger charge is 2.18. The summed E-state index contributed by atoms with van der Waals surface area (Å²) < 4.78 is 5.53. The Morgan fingerprint density at radius 1 is 1.12 bits per heavy atom. The number of thiophene rings is 1. The fourth-order valence-electron chi connectivity index (χ4n) is 2.63. The molecular weight excluding hydrogens is 356 g/mol. The SMILES string of the molecule is O=C(O)c1ccc(C(=O)Nc2cccc(OCC(=O)N3CCCC3)c2)s1. The predicted molar refractivity (Wildman–Crippen MR) is 97.0 cm³/mol. The van der Waals surface area contributed by atoms with E-state index in [0.29, 0.717) is 16.3 Å². The van der Waals surface area contributed by atoms with Crippen molar-refractivity contribution in [2.24, 2.45) is 0 Å². The van der Waals surface area contributed by atoms with E-state index < -0.39 is 11.9 Å². The maximum absolute atomic E-state index is 12.2. The van der Waals surface area contributed by atoms with Gasteiger partial charge in [0.15, 0.2) is 6.61 Å². The number of aromatic carboxylic acids is 1. The fourth-order valence-corrected chi connectivity index (χ4v) is 3.37. The van der Waals surface area contributed by atoms with Crippen LogP contribution in [0.3, 0.4) is 0 Å². The molecule has 2 aromatic rings. The molecule has 8 heteroatoms. The smallest absolute Gasteiger partial charge is 0.345 e. The van der Waals surface area contributed by atoms with Gasteiger partial charge < -0.3 is 20.1 Å². The summed E-state index contributed by atoms with van der Waals surface area (Å²) in [6.45, 7) is 1.51. The molecule has 0 radical (unpaired) electrons. The number of hydrogen-bond donors (Lipinski definition) is 2. The average Bonchev–Trinajstić information content (AvgIpc) is 3.31. The first-order valence-electron chi connectivity index (χ1n) is 8.18. The van der Waals surface area contributed by atoms with Crippen molar-refractivity contribution in [3.63, 3.8) is 0 Å². The molecular formula is C18H18N2O5S. The van der Waals surface area contributed by atoms with Crippen LogP contribution in [0.25, 0.3) is 0 Å². The van der Waals surface area contributed by atoms with Crippen LogP contribution in [0.1, 0.15) is 32.2 Å². The fraction of sp³-hybridized carbons (Fsp3) is 0.278. The normalized spacial score (nSPS) is 13.5. The largest absolute Gasteiger partial charge is 0.484 e. The molecule has 3 rings (SSSR count). The standard InChI is InChI=1S/C18H18N2O5S/c21-16(20-8-1-2-9-20)11-25-13-5-3-4-12(10-13)19-17(22)14-6-7-15(26-14)18(23)24/h3-7,10H,1-2,8-9,11H2,(H,19,22)(H,23,24). The van der Waals surface area contributed by atoms with Gasteiger partial charge >= 0.3 is 5.97 Å². The minimum absolute atomic E-state index is 0.0374. The first-order chi connectivity index (χ1) is 12.5. The lowest BCUT2D eigenvalue weighted by atomic mass is 10.3. The van der Waals surface area contributed by atoms with E-state index in [1.165, 1.54) is 12.1 Å². The number of amides is 2. The second kappa shape index (κ2) is 8.01. The summed E-state index contributed by atoms with van der Waals surface area (Å²) in [4.78, 5) is 37.3. The van der Waals surface area contributed by atoms with Gasteiger partial charge in [-0.25, -0.2) is 4.79 Å². The van der Waals surface area contributed by atoms with Gasteiger partial charge in [-0.2, -0.15) is 0 Å². The van der Waals surface area contributed by atoms with Gasteiger partial charge in [-0.15, -0.1) is 11.3 Å². The Morgan fingerprint density at radius 2 is 1.85 bits per heavy atom. The molecule has 136 valence electrons. The van der Waals surface area contributed by atoms with Crippen molar-refractivity contribution in [3.8, 4) is 5.75 Å². The lowest BCUT2D eigenvalue weighted by Gasteiger charge is -2.15. The predicted octanol–water partition coefficient (Wildman–Crippen LogP) is 2.70. The molecule has 2 heterocycles. The van der Waals surface area contributed by atoms with Crippen LogP contribution in [-0.2, 0) is 4.79 Å². The van der Waals surface area contributed by atoms with E-state index in [1.807, 2.05) is 0 Å². The van der Waals surface area contributed by atoms with E-state index in [0.717, 1.165) is 37.3 Å². The van der Waals surface area contributed by atoms with E-state index >= 15 is 0 Å². The average molecular weight is 374 g/mol. The van der Waals surface area contributed by atoms with Crippen molar-refractivity contribution in [1.29, 1.82) is 0 Å². The van der Waals surface area contributed by atoms with Gasteiger partial charge in [-0.3, -0.25) is 9.59 Å². The molecule has 0 aliphatic carbocycles. The third-order valence-corrected chi connectivity index (χ3v) is 5.03. The number of hydrogen-bond acceptors (Lipinski definition) is 5. The Bertz CT molecular complexity index is 826. The molecule has 2 N–H and O–H groups in total. The van der Waals surface area contributed by atoms with Gasteiger partial charge in [0.05, 0.1) is 4.88 Å². The maximum atomic E-state index is 12.2. The highest BCUT2D eigenvalue weighted by atomic mass is 32.1. The zero-order chi connectivity index (χ0) is 18.5. The van der Waals surface area contributed by atoms with E-state index in [2.05, 4.69) is 5.32 Å². The van der Waals surface area contributed by atoms with Crippen LogP contribution in [0.5, 0.6) is 5.75 Å². The monoisotopic (exact) mass is 374 g/mol. The van der Waals surface area contributed by atoms with Crippen LogP contribution in [-0.4, -0.2) is 47.5 Å². The zero-order valence-electron chi connectivity index (χ0n) is 13.9. The Hall–Kier alpha value is -2.87. The van der Waals surface area contributed by atoms with Gasteiger partial charge in [-0.1, -0.05) is 6.07 Å². The number of carboxylic acid groups (broad SMARTS) is 1. The van der Waals surface area contributed by atoms with E-state index in [9.17, 15) is 14.4 Å². The number of carboxylic acids is 1. The molecule has 26 heavy (non-hydrogen) atoms. The minimum atomic E-state index is -1.06. The number of likely N-dealkylation sites (tertiary alicyclic amines) is 1. The molecule has 1 aromatic heterocycles. The topological polar surface area (TPSA) is 95.9 Å². The number of carbonyl (C=O) groups is 3. The Balaban J connectivity index is 1.58. The van der Waals surface area contributed by atoms with Gasteiger partial charge in [-0.05, 0) is 37.1 Å². The molecule has 0 unspecified atom stereocenters. The Kier molecular flexibility index (Phi) is 5.52. The van der Waals surface area contributed by atoms with Crippen LogP contribution in [0.2, 0.25) is 0 Å². The van der Waals surface area contributed by atoms with Crippen molar-refractivity contribution in [1.82, 2.24) is 4.90 Å². The second-order valence-electron chi connectivity index (χ2n) is 5.83. The van der Waals surface area contributed by atoms with Gasteiger partial charge in [0.1, 0.15) is 10.6 Å². The van der Waals surface area contributed by atoms with E-state index in [-0.39, 0.29) is 17.4 Å². The van der Waals surface area contributed by atoms with Gasteiger partial charge in [0, 0.05) is 24.8 Å². The maximum Gasteiger partial charge on any atom is 0.345 e. The van der Waals surface area contributed by atoms with Crippen molar-refractivity contribution in [2.45, 2.75) is 12.8 Å². The third kappa shape index (κ3) is 4.40. The van der Waals surface area contributed by atoms with Crippen molar-refractivity contribution in [2.75, 3.05) is 25.0 Å². The summed E-state index contributed by atoms with van der Waals surface area (Å²) in [6.07, 6.45) is 2.05. The summed E-state index contributed by atoms with van der Waals surface area (Å²) in [5, 5.41) is 11.6. The molecule has 0 saturated carbocycles. The summed E-state index contributed by atoms with van der Waals surface area (Å²) in [6, 6.07) is 9.60. The number of anilines is 1. The molecule has 0 atom stereocenters. The number of nitrogens with zero attached hydrogens (tertiary/aromatic N) is 1. The summed E-state index contributed by atoms with van der Waals surface area (Å²) in [5.74, 6) is -1.02. The third-order valence-electron chi connectivity index (χ3n) is 3.95. The van der Waals surface area contributed by atoms with Gasteiger partial charge in [0.25, 0.3) is 11.8 Å². The summed E-state index contributed by atoms with van der Waals surface area (Å²) in [5.41, 5.74) is 0.506. The van der Waals surface area contributed by atoms with Crippen LogP contribution < -0.4 is 10.1 Å². The lowest BCUT2D eigenvalue weighted by Crippen LogP contribution is -2.32. The van der Waals surface area contributed by atoms with Gasteiger partial charge in [0.2, 0.25) is 0 Å². The highest BCUT2D eigenvalue weighted by molar-refractivity contribution is 7.15. The molecule has 1 saturated heterocycles. The van der Waals surface area contributed by atoms with Crippen LogP contribution in [0.15, 0.2) is 36.4 Å². The quantitative estimate of drug-likeness (QED) is 0.810. The molecule has 1 aliphatic rings. The molecule has 2 amide bonds. The van der Waals surface area contributed by atoms with E-state index in [1.54, 1.807) is 29.2 Å². The molecule has 0 spiro atoms. The minimum Gasteiger partial charge on any atom is -0.484 e. The van der Waals surface area contributed by atoms with Crippen LogP contribution in [0.4, 0.5) is 5.69 Å². The lowest BCUT2D eigenvalue weighted by molar-refractivity contribution is -0.132. The molecule has 1 aromatic carbocycles. The summed E-state index contributed by atoms with van der Waals surface area (Å²) >= 11 is 0.908. The molecule has 0 bridgehead atoms. The van der Waals surface area contributed by atoms with Crippen molar-refractivity contribution in [3.05, 3.63) is 46.2 Å². The number of carbonyl (C=O) groups excluding carboxylic acids is 2.